The van der Waals surface area contributed by atoms with Crippen LogP contribution >= 0.6 is 11.8 Å². The number of imide groups is 1. The van der Waals surface area contributed by atoms with Gasteiger partial charge in [0.05, 0.1) is 18.3 Å². The fraction of sp³-hybridized carbons (Fsp3) is 0.750. The number of unbranched alkanes of at least 4 members (excludes halogenated alkanes) is 6. The Morgan fingerprint density at radius 1 is 0.870 bits per heavy atom. The molecule has 0 aromatic heterocycles. The monoisotopic (exact) mass is 667 g/mol. The summed E-state index contributed by atoms with van der Waals surface area (Å²) >= 11 is 1.26. The number of likely N-dealkylation sites (tertiary alicyclic amines) is 1. The summed E-state index contributed by atoms with van der Waals surface area (Å²) < 4.78 is 0. The molecule has 1 heterocycles. The number of Topliss-reactive ketones (excluding diaryl/α,β-unsaturated/α-hetero) is 2. The van der Waals surface area contributed by atoms with Gasteiger partial charge >= 0.3 is 0 Å². The molecule has 1 unspecified atom stereocenters. The van der Waals surface area contributed by atoms with Gasteiger partial charge in [0.25, 0.3) is 0 Å². The quantitative estimate of drug-likeness (QED) is 0.0628. The zero-order valence-electron chi connectivity index (χ0n) is 27.4. The smallest absolute Gasteiger partial charge is 0.242 e. The Hall–Kier alpha value is -3.13. The van der Waals surface area contributed by atoms with Crippen molar-refractivity contribution < 1.29 is 38.4 Å². The minimum absolute atomic E-state index is 0.00930. The number of ketones is 2. The lowest BCUT2D eigenvalue weighted by Gasteiger charge is -2.20. The van der Waals surface area contributed by atoms with Crippen LogP contribution in [0.25, 0.3) is 0 Å². The zero-order valence-corrected chi connectivity index (χ0v) is 28.2. The van der Waals surface area contributed by atoms with E-state index in [-0.39, 0.29) is 80.0 Å². The molecule has 1 fully saturated rings. The molecule has 1 aliphatic heterocycles. The summed E-state index contributed by atoms with van der Waals surface area (Å²) in [5.41, 5.74) is 5.49. The summed E-state index contributed by atoms with van der Waals surface area (Å²) in [6.45, 7) is 2.91. The zero-order chi connectivity index (χ0) is 34.2. The molecule has 1 atom stereocenters. The Morgan fingerprint density at radius 3 is 2.20 bits per heavy atom. The first-order valence-corrected chi connectivity index (χ1v) is 17.6. The Bertz CT molecular complexity index is 1020. The van der Waals surface area contributed by atoms with Crippen LogP contribution in [0.15, 0.2) is 0 Å². The largest absolute Gasteiger partial charge is 0.356 e. The first-order valence-electron chi connectivity index (χ1n) is 16.5. The highest BCUT2D eigenvalue weighted by molar-refractivity contribution is 8.00. The molecule has 14 heteroatoms. The van der Waals surface area contributed by atoms with Gasteiger partial charge in [-0.2, -0.15) is 0 Å². The molecule has 0 saturated carbocycles. The molecule has 5 amide bonds. The second-order valence-corrected chi connectivity index (χ2v) is 12.8. The van der Waals surface area contributed by atoms with E-state index in [9.17, 15) is 38.4 Å². The van der Waals surface area contributed by atoms with E-state index in [1.54, 1.807) is 4.90 Å². The molecule has 0 spiro atoms. The van der Waals surface area contributed by atoms with Gasteiger partial charge in [0, 0.05) is 70.8 Å². The van der Waals surface area contributed by atoms with Crippen LogP contribution in [0.3, 0.4) is 0 Å². The standard InChI is InChI=1S/C32H53N5O8S/c1-25(39)35-24-27(41)14-19-37-31(44)23-28(32(37)45)46-22-15-29(42)34-17-9-4-6-12-26(40)11-5-2-3-7-13-30(43)36(20-21-38)18-10-8-16-33/h21,28H,2-20,22-24,33H2,1H3,(H,34,42)(H,35,39). The molecule has 1 saturated heterocycles. The first-order chi connectivity index (χ1) is 22.1. The molecule has 1 rings (SSSR count). The maximum Gasteiger partial charge on any atom is 0.242 e. The normalized spacial score (nSPS) is 14.3. The SMILES string of the molecule is CC(=O)NCC(=O)CCN1C(=O)CC(SCCC(=O)NCCCCCC(=O)CCCCCCC(=O)N(CC=O)CCCCN)C1=O. The van der Waals surface area contributed by atoms with Crippen LogP contribution in [0.2, 0.25) is 0 Å². The van der Waals surface area contributed by atoms with Gasteiger partial charge < -0.3 is 26.1 Å². The number of hydrogen-bond acceptors (Lipinski definition) is 10. The van der Waals surface area contributed by atoms with Crippen molar-refractivity contribution in [1.82, 2.24) is 20.4 Å². The molecule has 0 aromatic carbocycles. The van der Waals surface area contributed by atoms with E-state index in [1.165, 1.54) is 18.7 Å². The Kier molecular flexibility index (Phi) is 22.2. The minimum Gasteiger partial charge on any atom is -0.356 e. The van der Waals surface area contributed by atoms with Gasteiger partial charge in [0.2, 0.25) is 29.5 Å². The summed E-state index contributed by atoms with van der Waals surface area (Å²) in [5, 5.41) is 4.68. The van der Waals surface area contributed by atoms with Gasteiger partial charge in [0.1, 0.15) is 12.1 Å². The number of rotatable bonds is 28. The number of nitrogens with one attached hydrogen (secondary N) is 2. The van der Waals surface area contributed by atoms with Gasteiger partial charge in [-0.1, -0.05) is 19.3 Å². The number of hydrogen-bond donors (Lipinski definition) is 3. The number of thioether (sulfide) groups is 1. The highest BCUT2D eigenvalue weighted by atomic mass is 32.2. The maximum absolute atomic E-state index is 12.5. The van der Waals surface area contributed by atoms with Crippen LogP contribution in [-0.2, 0) is 38.4 Å². The molecule has 260 valence electrons. The number of amides is 5. The van der Waals surface area contributed by atoms with Crippen molar-refractivity contribution in [2.75, 3.05) is 45.0 Å². The highest BCUT2D eigenvalue weighted by Gasteiger charge is 2.38. The number of aldehydes is 1. The van der Waals surface area contributed by atoms with Crippen LogP contribution in [-0.4, -0.2) is 107 Å². The van der Waals surface area contributed by atoms with E-state index in [2.05, 4.69) is 10.6 Å². The summed E-state index contributed by atoms with van der Waals surface area (Å²) in [6.07, 6.45) is 9.72. The van der Waals surface area contributed by atoms with Crippen molar-refractivity contribution in [2.24, 2.45) is 5.73 Å². The summed E-state index contributed by atoms with van der Waals surface area (Å²) in [7, 11) is 0. The molecule has 0 aliphatic carbocycles. The summed E-state index contributed by atoms with van der Waals surface area (Å²) in [4.78, 5) is 97.6. The lowest BCUT2D eigenvalue weighted by atomic mass is 10.0. The van der Waals surface area contributed by atoms with Crippen LogP contribution in [0.4, 0.5) is 0 Å². The highest BCUT2D eigenvalue weighted by Crippen LogP contribution is 2.26. The van der Waals surface area contributed by atoms with Gasteiger partial charge in [-0.3, -0.25) is 38.5 Å². The fourth-order valence-electron chi connectivity index (χ4n) is 4.89. The number of carbonyl (C=O) groups excluding carboxylic acids is 8. The Morgan fingerprint density at radius 2 is 1.54 bits per heavy atom. The van der Waals surface area contributed by atoms with Crippen molar-refractivity contribution in [2.45, 2.75) is 108 Å². The molecule has 0 bridgehead atoms. The molecular formula is C32H53N5O8S. The molecule has 0 aromatic rings. The van der Waals surface area contributed by atoms with E-state index >= 15 is 0 Å². The van der Waals surface area contributed by atoms with E-state index in [4.69, 9.17) is 5.73 Å². The fourth-order valence-corrected chi connectivity index (χ4v) is 6.01. The molecule has 1 aliphatic rings. The molecule has 46 heavy (non-hydrogen) atoms. The average molecular weight is 668 g/mol. The van der Waals surface area contributed by atoms with E-state index in [1.807, 2.05) is 0 Å². The predicted octanol–water partition coefficient (Wildman–Crippen LogP) is 1.69. The number of nitrogens with zero attached hydrogens (tertiary/aromatic N) is 2. The number of nitrogens with two attached hydrogens (primary N) is 1. The van der Waals surface area contributed by atoms with Crippen molar-refractivity contribution in [3.05, 3.63) is 0 Å². The van der Waals surface area contributed by atoms with Gasteiger partial charge in [-0.15, -0.1) is 11.8 Å². The summed E-state index contributed by atoms with van der Waals surface area (Å²) in [6, 6.07) is 0. The van der Waals surface area contributed by atoms with Crippen LogP contribution in [0, 0.1) is 0 Å². The topological polar surface area (TPSA) is 193 Å². The van der Waals surface area contributed by atoms with Gasteiger partial charge in [0.15, 0.2) is 5.78 Å². The van der Waals surface area contributed by atoms with E-state index < -0.39 is 5.25 Å². The van der Waals surface area contributed by atoms with Crippen molar-refractivity contribution in [1.29, 1.82) is 0 Å². The maximum atomic E-state index is 12.5. The number of carbonyl (C=O) groups is 8. The molecular weight excluding hydrogens is 614 g/mol. The van der Waals surface area contributed by atoms with Crippen molar-refractivity contribution in [3.63, 3.8) is 0 Å². The first kappa shape index (κ1) is 40.9. The third kappa shape index (κ3) is 18.7. The van der Waals surface area contributed by atoms with Crippen LogP contribution in [0.1, 0.15) is 103 Å². The second-order valence-electron chi connectivity index (χ2n) is 11.5. The average Bonchev–Trinajstić information content (AvgIpc) is 3.29. The molecule has 13 nitrogen and oxygen atoms in total. The summed E-state index contributed by atoms with van der Waals surface area (Å²) in [5.74, 6) is -0.802. The van der Waals surface area contributed by atoms with Crippen molar-refractivity contribution in [3.8, 4) is 0 Å². The van der Waals surface area contributed by atoms with Crippen molar-refractivity contribution >= 4 is 59.2 Å². The van der Waals surface area contributed by atoms with Gasteiger partial charge in [-0.25, -0.2) is 0 Å². The third-order valence-electron chi connectivity index (χ3n) is 7.58. The third-order valence-corrected chi connectivity index (χ3v) is 8.79. The Balaban J connectivity index is 2.05. The predicted molar refractivity (Wildman–Crippen MR) is 176 cm³/mol. The Labute approximate surface area is 276 Å². The van der Waals surface area contributed by atoms with E-state index in [0.29, 0.717) is 44.6 Å². The lowest BCUT2D eigenvalue weighted by molar-refractivity contribution is -0.139. The van der Waals surface area contributed by atoms with Gasteiger partial charge in [-0.05, 0) is 45.1 Å². The van der Waals surface area contributed by atoms with Crippen LogP contribution in [0.5, 0.6) is 0 Å². The van der Waals surface area contributed by atoms with Crippen LogP contribution < -0.4 is 16.4 Å². The lowest BCUT2D eigenvalue weighted by Crippen LogP contribution is -2.35. The second kappa shape index (κ2) is 25.0. The minimum atomic E-state index is -0.561. The molecule has 0 radical (unpaired) electrons. The molecule has 4 N–H and O–H groups in total. The van der Waals surface area contributed by atoms with E-state index in [0.717, 1.165) is 69.0 Å².